The fourth-order valence-electron chi connectivity index (χ4n) is 3.90. The highest BCUT2D eigenvalue weighted by molar-refractivity contribution is 5.93. The Morgan fingerprint density at radius 2 is 1.68 bits per heavy atom. The minimum atomic E-state index is -0.994. The van der Waals surface area contributed by atoms with Gasteiger partial charge in [-0.25, -0.2) is 4.79 Å². The van der Waals surface area contributed by atoms with E-state index in [-0.39, 0.29) is 6.54 Å². The van der Waals surface area contributed by atoms with Crippen molar-refractivity contribution < 1.29 is 28.7 Å². The maximum atomic E-state index is 13.8. The second-order valence-corrected chi connectivity index (χ2v) is 10.3. The summed E-state index contributed by atoms with van der Waals surface area (Å²) in [6, 6.07) is 3.65. The van der Waals surface area contributed by atoms with E-state index in [0.717, 1.165) is 36.8 Å². The zero-order valence-electron chi connectivity index (χ0n) is 23.7. The second-order valence-electron chi connectivity index (χ2n) is 10.3. The lowest BCUT2D eigenvalue weighted by atomic mass is 9.94. The van der Waals surface area contributed by atoms with Crippen LogP contribution in [-0.4, -0.2) is 60.6 Å². The lowest BCUT2D eigenvalue weighted by Crippen LogP contribution is -2.52. The Labute approximate surface area is 221 Å². The predicted octanol–water partition coefficient (Wildman–Crippen LogP) is 4.35. The summed E-state index contributed by atoms with van der Waals surface area (Å²) in [5.41, 5.74) is 1.78. The molecule has 0 aromatic heterocycles. The Bertz CT molecular complexity index is 925. The number of benzene rings is 1. The molecule has 0 saturated heterocycles. The Morgan fingerprint density at radius 3 is 2.27 bits per heavy atom. The van der Waals surface area contributed by atoms with Crippen molar-refractivity contribution in [3.8, 4) is 0 Å². The number of ether oxygens (including phenoxy) is 2. The SMILES string of the molecule is CCCCCCCN(C(=O)C(C)NC(=O)OC(C)(C)C)C(C(=O)NCC(=O)OC)c1cccc(C)c1C. The van der Waals surface area contributed by atoms with Crippen molar-refractivity contribution in [1.82, 2.24) is 15.5 Å². The number of alkyl carbamates (subject to hydrolysis) is 1. The summed E-state index contributed by atoms with van der Waals surface area (Å²) in [5, 5.41) is 5.22. The molecule has 0 spiro atoms. The van der Waals surface area contributed by atoms with Gasteiger partial charge in [0.15, 0.2) is 0 Å². The van der Waals surface area contributed by atoms with Crippen molar-refractivity contribution in [2.45, 2.75) is 98.3 Å². The van der Waals surface area contributed by atoms with Crippen molar-refractivity contribution in [3.05, 3.63) is 34.9 Å². The van der Waals surface area contributed by atoms with E-state index in [0.29, 0.717) is 18.5 Å². The van der Waals surface area contributed by atoms with E-state index in [2.05, 4.69) is 22.3 Å². The first-order chi connectivity index (χ1) is 17.3. The molecular formula is C28H45N3O6. The van der Waals surface area contributed by atoms with Gasteiger partial charge < -0.3 is 25.0 Å². The molecule has 1 aromatic rings. The minimum absolute atomic E-state index is 0.312. The maximum Gasteiger partial charge on any atom is 0.408 e. The number of rotatable bonds is 13. The van der Waals surface area contributed by atoms with E-state index in [1.807, 2.05) is 32.0 Å². The third-order valence-electron chi connectivity index (χ3n) is 6.03. The normalized spacial score (nSPS) is 12.8. The molecule has 0 aliphatic heterocycles. The van der Waals surface area contributed by atoms with Gasteiger partial charge in [-0.2, -0.15) is 0 Å². The smallest absolute Gasteiger partial charge is 0.408 e. The molecule has 0 saturated carbocycles. The number of esters is 1. The van der Waals surface area contributed by atoms with Crippen molar-refractivity contribution in [3.63, 3.8) is 0 Å². The number of amides is 3. The number of methoxy groups -OCH3 is 1. The topological polar surface area (TPSA) is 114 Å². The number of carbonyl (C=O) groups is 4. The Hall–Kier alpha value is -3.10. The Morgan fingerprint density at radius 1 is 1.03 bits per heavy atom. The van der Waals surface area contributed by atoms with Crippen LogP contribution in [0.2, 0.25) is 0 Å². The molecule has 3 amide bonds. The fraction of sp³-hybridized carbons (Fsp3) is 0.643. The first-order valence-electron chi connectivity index (χ1n) is 13.0. The molecule has 0 aliphatic carbocycles. The van der Waals surface area contributed by atoms with E-state index in [4.69, 9.17) is 4.74 Å². The van der Waals surface area contributed by atoms with E-state index in [1.54, 1.807) is 27.7 Å². The number of hydrogen-bond acceptors (Lipinski definition) is 6. The fourth-order valence-corrected chi connectivity index (χ4v) is 3.90. The summed E-state index contributed by atoms with van der Waals surface area (Å²) in [7, 11) is 1.24. The maximum absolute atomic E-state index is 13.8. The van der Waals surface area contributed by atoms with Crippen LogP contribution >= 0.6 is 0 Å². The van der Waals surface area contributed by atoms with E-state index < -0.39 is 41.6 Å². The highest BCUT2D eigenvalue weighted by Crippen LogP contribution is 2.28. The van der Waals surface area contributed by atoms with Crippen LogP contribution in [0.15, 0.2) is 18.2 Å². The number of carbonyl (C=O) groups excluding carboxylic acids is 4. The summed E-state index contributed by atoms with van der Waals surface area (Å²) in [5.74, 6) is -1.50. The number of nitrogens with zero attached hydrogens (tertiary/aromatic N) is 1. The standard InChI is InChI=1S/C28H45N3O6/c1-9-10-11-12-13-17-31(26(34)21(4)30-27(35)37-28(5,6)7)24(25(33)29-18-23(32)36-8)22-16-14-15-19(2)20(22)3/h14-16,21,24H,9-13,17-18H2,1-8H3,(H,29,33)(H,30,35). The van der Waals surface area contributed by atoms with Gasteiger partial charge in [0.25, 0.3) is 0 Å². The van der Waals surface area contributed by atoms with Gasteiger partial charge in [0.1, 0.15) is 24.2 Å². The molecule has 37 heavy (non-hydrogen) atoms. The molecule has 0 aliphatic rings. The van der Waals surface area contributed by atoms with Gasteiger partial charge in [-0.3, -0.25) is 14.4 Å². The van der Waals surface area contributed by atoms with Crippen LogP contribution in [0.4, 0.5) is 4.79 Å². The van der Waals surface area contributed by atoms with Gasteiger partial charge >= 0.3 is 12.1 Å². The molecule has 0 heterocycles. The third kappa shape index (κ3) is 10.8. The minimum Gasteiger partial charge on any atom is -0.468 e. The van der Waals surface area contributed by atoms with E-state index >= 15 is 0 Å². The molecule has 1 rings (SSSR count). The van der Waals surface area contributed by atoms with Gasteiger partial charge in [0.05, 0.1) is 7.11 Å². The van der Waals surface area contributed by atoms with Gasteiger partial charge in [-0.15, -0.1) is 0 Å². The molecule has 9 heteroatoms. The van der Waals surface area contributed by atoms with Crippen LogP contribution in [0.5, 0.6) is 0 Å². The average Bonchev–Trinajstić information content (AvgIpc) is 2.82. The van der Waals surface area contributed by atoms with Crippen molar-refractivity contribution in [2.24, 2.45) is 0 Å². The third-order valence-corrected chi connectivity index (χ3v) is 6.03. The lowest BCUT2D eigenvalue weighted by molar-refractivity contribution is -0.144. The van der Waals surface area contributed by atoms with Crippen LogP contribution < -0.4 is 10.6 Å². The molecule has 0 fully saturated rings. The number of unbranched alkanes of at least 4 members (excludes halogenated alkanes) is 4. The Kier molecular flexibility index (Phi) is 13.1. The van der Waals surface area contributed by atoms with Gasteiger partial charge in [-0.1, -0.05) is 50.8 Å². The molecule has 9 nitrogen and oxygen atoms in total. The summed E-state index contributed by atoms with van der Waals surface area (Å²) >= 11 is 0. The first kappa shape index (κ1) is 31.9. The molecule has 2 atom stereocenters. The zero-order valence-corrected chi connectivity index (χ0v) is 23.7. The zero-order chi connectivity index (χ0) is 28.2. The first-order valence-corrected chi connectivity index (χ1v) is 13.0. The molecule has 2 N–H and O–H groups in total. The predicted molar refractivity (Wildman–Crippen MR) is 143 cm³/mol. The Balaban J connectivity index is 3.38. The van der Waals surface area contributed by atoms with Crippen LogP contribution in [0.1, 0.15) is 89.5 Å². The van der Waals surface area contributed by atoms with E-state index in [9.17, 15) is 19.2 Å². The highest BCUT2D eigenvalue weighted by atomic mass is 16.6. The summed E-state index contributed by atoms with van der Waals surface area (Å²) in [4.78, 5) is 52.9. The molecule has 0 bridgehead atoms. The van der Waals surface area contributed by atoms with Gasteiger partial charge in [0.2, 0.25) is 11.8 Å². The largest absolute Gasteiger partial charge is 0.468 e. The molecule has 2 unspecified atom stereocenters. The van der Waals surface area contributed by atoms with Crippen molar-refractivity contribution in [1.29, 1.82) is 0 Å². The van der Waals surface area contributed by atoms with E-state index in [1.165, 1.54) is 12.0 Å². The van der Waals surface area contributed by atoms with Gasteiger partial charge in [0, 0.05) is 6.54 Å². The average molecular weight is 520 g/mol. The van der Waals surface area contributed by atoms with Crippen LogP contribution in [0.25, 0.3) is 0 Å². The lowest BCUT2D eigenvalue weighted by Gasteiger charge is -2.34. The molecule has 208 valence electrons. The number of aryl methyl sites for hydroxylation is 1. The summed E-state index contributed by atoms with van der Waals surface area (Å²) < 4.78 is 9.98. The van der Waals surface area contributed by atoms with Crippen molar-refractivity contribution >= 4 is 23.9 Å². The van der Waals surface area contributed by atoms with Gasteiger partial charge in [-0.05, 0) is 64.7 Å². The van der Waals surface area contributed by atoms with Crippen LogP contribution in [0, 0.1) is 13.8 Å². The molecule has 0 radical (unpaired) electrons. The number of hydrogen-bond donors (Lipinski definition) is 2. The van der Waals surface area contributed by atoms with Crippen LogP contribution in [-0.2, 0) is 23.9 Å². The molecule has 1 aromatic carbocycles. The summed E-state index contributed by atoms with van der Waals surface area (Å²) in [6.07, 6.45) is 4.07. The quantitative estimate of drug-likeness (QED) is 0.296. The monoisotopic (exact) mass is 519 g/mol. The molecular weight excluding hydrogens is 474 g/mol. The van der Waals surface area contributed by atoms with Crippen LogP contribution in [0.3, 0.4) is 0 Å². The number of nitrogens with one attached hydrogen (secondary N) is 2. The highest BCUT2D eigenvalue weighted by Gasteiger charge is 2.35. The second kappa shape index (κ2) is 15.2. The van der Waals surface area contributed by atoms with Crippen molar-refractivity contribution in [2.75, 3.05) is 20.2 Å². The summed E-state index contributed by atoms with van der Waals surface area (Å²) in [6.45, 7) is 12.7.